The van der Waals surface area contributed by atoms with E-state index in [1.807, 2.05) is 19.3 Å². The number of nitrogens with zero attached hydrogens (tertiary/aromatic N) is 2. The summed E-state index contributed by atoms with van der Waals surface area (Å²) in [5.74, 6) is 2.04. The third-order valence-electron chi connectivity index (χ3n) is 5.69. The molecule has 1 fully saturated rings. The number of ether oxygens (including phenoxy) is 4. The van der Waals surface area contributed by atoms with E-state index in [-0.39, 0.29) is 0 Å². The van der Waals surface area contributed by atoms with Crippen molar-refractivity contribution in [2.75, 3.05) is 67.3 Å². The molecule has 2 N–H and O–H groups in total. The molecule has 8 heteroatoms. The lowest BCUT2D eigenvalue weighted by Crippen LogP contribution is -2.27. The van der Waals surface area contributed by atoms with Crippen LogP contribution in [0.25, 0.3) is 11.3 Å². The van der Waals surface area contributed by atoms with Gasteiger partial charge in [0.1, 0.15) is 0 Å². The number of methoxy groups -OCH3 is 1. The van der Waals surface area contributed by atoms with Crippen LogP contribution in [-0.4, -0.2) is 82.4 Å². The van der Waals surface area contributed by atoms with Crippen LogP contribution in [0, 0.1) is 5.92 Å². The van der Waals surface area contributed by atoms with Crippen LogP contribution in [0.15, 0.2) is 24.4 Å². The zero-order valence-electron chi connectivity index (χ0n) is 19.7. The summed E-state index contributed by atoms with van der Waals surface area (Å²) in [5, 5.41) is 10.8. The first-order valence-electron chi connectivity index (χ1n) is 11.5. The fourth-order valence-corrected chi connectivity index (χ4v) is 3.75. The van der Waals surface area contributed by atoms with Crippen molar-refractivity contribution in [3.8, 4) is 22.8 Å². The van der Waals surface area contributed by atoms with E-state index < -0.39 is 0 Å². The van der Waals surface area contributed by atoms with Gasteiger partial charge in [-0.25, -0.2) is 0 Å². The average Bonchev–Trinajstić information content (AvgIpc) is 3.28. The SMILES string of the molecule is CNCCN(C)Cc1c[nH]nc1-c1ccc(OCCCOC)c(OCC2CCOCC2)c1. The Labute approximate surface area is 191 Å². The summed E-state index contributed by atoms with van der Waals surface area (Å²) in [6.07, 6.45) is 4.88. The van der Waals surface area contributed by atoms with Crippen LogP contribution >= 0.6 is 0 Å². The summed E-state index contributed by atoms with van der Waals surface area (Å²) >= 11 is 0. The molecule has 0 atom stereocenters. The van der Waals surface area contributed by atoms with E-state index in [9.17, 15) is 0 Å². The number of rotatable bonds is 14. The average molecular weight is 447 g/mol. The lowest BCUT2D eigenvalue weighted by atomic mass is 10.0. The predicted octanol–water partition coefficient (Wildman–Crippen LogP) is 2.95. The van der Waals surface area contributed by atoms with E-state index in [0.717, 1.165) is 80.4 Å². The van der Waals surface area contributed by atoms with Crippen molar-refractivity contribution in [1.29, 1.82) is 0 Å². The van der Waals surface area contributed by atoms with Crippen molar-refractivity contribution >= 4 is 0 Å². The van der Waals surface area contributed by atoms with Crippen LogP contribution < -0.4 is 14.8 Å². The van der Waals surface area contributed by atoms with Crippen LogP contribution in [0.3, 0.4) is 0 Å². The summed E-state index contributed by atoms with van der Waals surface area (Å²) in [6.45, 7) is 6.29. The minimum atomic E-state index is 0.510. The Kier molecular flexibility index (Phi) is 10.3. The van der Waals surface area contributed by atoms with Crippen LogP contribution in [0.2, 0.25) is 0 Å². The smallest absolute Gasteiger partial charge is 0.161 e. The summed E-state index contributed by atoms with van der Waals surface area (Å²) < 4.78 is 22.9. The van der Waals surface area contributed by atoms with Gasteiger partial charge in [-0.3, -0.25) is 5.10 Å². The monoisotopic (exact) mass is 446 g/mol. The first-order chi connectivity index (χ1) is 15.7. The highest BCUT2D eigenvalue weighted by Crippen LogP contribution is 2.34. The van der Waals surface area contributed by atoms with Gasteiger partial charge in [-0.05, 0) is 51.1 Å². The maximum atomic E-state index is 6.28. The number of hydrogen-bond acceptors (Lipinski definition) is 7. The Bertz CT molecular complexity index is 792. The molecular formula is C24H38N4O4. The molecule has 0 amide bonds. The highest BCUT2D eigenvalue weighted by molar-refractivity contribution is 5.66. The molecule has 1 aromatic carbocycles. The minimum Gasteiger partial charge on any atom is -0.490 e. The summed E-state index contributed by atoms with van der Waals surface area (Å²) in [7, 11) is 5.79. The van der Waals surface area contributed by atoms with Gasteiger partial charge in [-0.15, -0.1) is 0 Å². The van der Waals surface area contributed by atoms with Crippen molar-refractivity contribution < 1.29 is 18.9 Å². The molecule has 178 valence electrons. The third kappa shape index (κ3) is 7.48. The van der Waals surface area contributed by atoms with Crippen molar-refractivity contribution in [3.63, 3.8) is 0 Å². The number of aromatic amines is 1. The molecule has 1 aliphatic heterocycles. The van der Waals surface area contributed by atoms with E-state index in [0.29, 0.717) is 25.7 Å². The number of hydrogen-bond donors (Lipinski definition) is 2. The number of aromatic nitrogens is 2. The number of likely N-dealkylation sites (N-methyl/N-ethyl adjacent to an activating group) is 2. The van der Waals surface area contributed by atoms with Crippen LogP contribution in [0.4, 0.5) is 0 Å². The molecule has 1 aromatic heterocycles. The van der Waals surface area contributed by atoms with Gasteiger partial charge >= 0.3 is 0 Å². The van der Waals surface area contributed by atoms with Gasteiger partial charge in [-0.1, -0.05) is 0 Å². The number of H-pyrrole nitrogens is 1. The van der Waals surface area contributed by atoms with Crippen molar-refractivity contribution in [1.82, 2.24) is 20.4 Å². The molecule has 8 nitrogen and oxygen atoms in total. The zero-order chi connectivity index (χ0) is 22.6. The molecule has 0 unspecified atom stereocenters. The van der Waals surface area contributed by atoms with E-state index in [1.165, 1.54) is 0 Å². The molecule has 1 aliphatic rings. The van der Waals surface area contributed by atoms with Crippen molar-refractivity contribution in [3.05, 3.63) is 30.0 Å². The second kappa shape index (κ2) is 13.4. The largest absolute Gasteiger partial charge is 0.490 e. The second-order valence-electron chi connectivity index (χ2n) is 8.32. The van der Waals surface area contributed by atoms with Gasteiger partial charge in [0.05, 0.1) is 18.9 Å². The molecule has 0 aliphatic carbocycles. The minimum absolute atomic E-state index is 0.510. The molecule has 1 saturated heterocycles. The third-order valence-corrected chi connectivity index (χ3v) is 5.69. The molecule has 0 bridgehead atoms. The summed E-state index contributed by atoms with van der Waals surface area (Å²) in [4.78, 5) is 2.28. The van der Waals surface area contributed by atoms with Gasteiger partial charge < -0.3 is 29.2 Å². The van der Waals surface area contributed by atoms with E-state index in [4.69, 9.17) is 18.9 Å². The highest BCUT2D eigenvalue weighted by atomic mass is 16.5. The molecule has 32 heavy (non-hydrogen) atoms. The molecule has 0 saturated carbocycles. The first-order valence-corrected chi connectivity index (χ1v) is 11.5. The maximum absolute atomic E-state index is 6.28. The highest BCUT2D eigenvalue weighted by Gasteiger charge is 2.18. The Morgan fingerprint density at radius 3 is 2.81 bits per heavy atom. The Hall–Kier alpha value is -2.13. The fourth-order valence-electron chi connectivity index (χ4n) is 3.75. The first kappa shape index (κ1) is 24.5. The Morgan fingerprint density at radius 1 is 1.19 bits per heavy atom. The zero-order valence-corrected chi connectivity index (χ0v) is 19.7. The lowest BCUT2D eigenvalue weighted by molar-refractivity contribution is 0.0492. The van der Waals surface area contributed by atoms with Gasteiger partial charge in [-0.2, -0.15) is 5.10 Å². The topological polar surface area (TPSA) is 80.9 Å². The van der Waals surface area contributed by atoms with Gasteiger partial charge in [0.25, 0.3) is 0 Å². The molecule has 3 rings (SSSR count). The maximum Gasteiger partial charge on any atom is 0.161 e. The fraction of sp³-hybridized carbons (Fsp3) is 0.625. The Balaban J connectivity index is 1.74. The van der Waals surface area contributed by atoms with Crippen molar-refractivity contribution in [2.45, 2.75) is 25.8 Å². The summed E-state index contributed by atoms with van der Waals surface area (Å²) in [6, 6.07) is 6.10. The quantitative estimate of drug-likeness (QED) is 0.432. The normalized spacial score (nSPS) is 14.8. The van der Waals surface area contributed by atoms with Gasteiger partial charge in [0, 0.05) is 70.3 Å². The van der Waals surface area contributed by atoms with Crippen molar-refractivity contribution in [2.24, 2.45) is 5.92 Å². The van der Waals surface area contributed by atoms with Gasteiger partial charge in [0.15, 0.2) is 11.5 Å². The molecule has 0 spiro atoms. The van der Waals surface area contributed by atoms with Crippen LogP contribution in [0.1, 0.15) is 24.8 Å². The van der Waals surface area contributed by atoms with Crippen LogP contribution in [0.5, 0.6) is 11.5 Å². The van der Waals surface area contributed by atoms with E-state index in [2.05, 4.69) is 39.6 Å². The molecular weight excluding hydrogens is 408 g/mol. The predicted molar refractivity (Wildman–Crippen MR) is 125 cm³/mol. The summed E-state index contributed by atoms with van der Waals surface area (Å²) in [5.41, 5.74) is 3.13. The van der Waals surface area contributed by atoms with Crippen LogP contribution in [-0.2, 0) is 16.0 Å². The second-order valence-corrected chi connectivity index (χ2v) is 8.32. The van der Waals surface area contributed by atoms with Gasteiger partial charge in [0.2, 0.25) is 0 Å². The van der Waals surface area contributed by atoms with E-state index >= 15 is 0 Å². The molecule has 0 radical (unpaired) electrons. The number of nitrogens with one attached hydrogen (secondary N) is 2. The van der Waals surface area contributed by atoms with E-state index in [1.54, 1.807) is 7.11 Å². The standard InChI is InChI=1S/C24H38N4O4/c1-25-9-10-28(2)17-21-16-26-27-24(21)20-5-6-22(31-12-4-11-29-3)23(15-20)32-18-19-7-13-30-14-8-19/h5-6,15-16,19,25H,4,7-14,17-18H2,1-3H3,(H,26,27). The molecule has 2 heterocycles. The lowest BCUT2D eigenvalue weighted by Gasteiger charge is -2.23. The number of benzene rings is 1. The Morgan fingerprint density at radius 2 is 2.03 bits per heavy atom. The molecule has 2 aromatic rings.